The molecular formula is C32H24N2O4S. The Labute approximate surface area is 226 Å². The lowest BCUT2D eigenvalue weighted by Crippen LogP contribution is -2.17. The number of para-hydroxylation sites is 2. The molecule has 0 aliphatic rings. The van der Waals surface area contributed by atoms with Crippen LogP contribution in [-0.2, 0) is 10.4 Å². The first-order valence-electron chi connectivity index (χ1n) is 12.4. The number of nitrogens with one attached hydrogen (secondary N) is 2. The highest BCUT2D eigenvalue weighted by molar-refractivity contribution is 7.82. The summed E-state index contributed by atoms with van der Waals surface area (Å²) >= 11 is 0. The summed E-state index contributed by atoms with van der Waals surface area (Å²) in [5, 5.41) is 9.60. The molecule has 0 spiro atoms. The van der Waals surface area contributed by atoms with Gasteiger partial charge < -0.3 is 19.0 Å². The van der Waals surface area contributed by atoms with E-state index in [0.717, 1.165) is 22.1 Å². The van der Waals surface area contributed by atoms with Gasteiger partial charge in [-0.2, -0.15) is 0 Å². The molecule has 0 aromatic heterocycles. The largest absolute Gasteiger partial charge is 0.501 e. The van der Waals surface area contributed by atoms with Gasteiger partial charge in [-0.15, -0.1) is 8.42 Å². The van der Waals surface area contributed by atoms with Crippen LogP contribution in [0.5, 0.6) is 11.5 Å². The molecule has 0 saturated heterocycles. The Balaban J connectivity index is 1.36. The van der Waals surface area contributed by atoms with Gasteiger partial charge in [0.1, 0.15) is 0 Å². The van der Waals surface area contributed by atoms with Crippen LogP contribution in [0, 0.1) is 0 Å². The number of rotatable bonds is 8. The Hall–Kier alpha value is -5.01. The number of fused-ring (bicyclic) bond motifs is 2. The zero-order valence-corrected chi connectivity index (χ0v) is 21.6. The van der Waals surface area contributed by atoms with E-state index in [4.69, 9.17) is 8.37 Å². The van der Waals surface area contributed by atoms with Gasteiger partial charge in [-0.05, 0) is 59.3 Å². The maximum Gasteiger partial charge on any atom is 0.501 e. The smallest absolute Gasteiger partial charge is 0.355 e. The summed E-state index contributed by atoms with van der Waals surface area (Å²) < 4.78 is 37.8. The van der Waals surface area contributed by atoms with E-state index in [-0.39, 0.29) is 11.5 Å². The van der Waals surface area contributed by atoms with Crippen molar-refractivity contribution in [3.63, 3.8) is 0 Å². The molecule has 7 heteroatoms. The van der Waals surface area contributed by atoms with Crippen LogP contribution in [0.3, 0.4) is 0 Å². The highest BCUT2D eigenvalue weighted by Gasteiger charge is 2.21. The van der Waals surface area contributed by atoms with E-state index in [0.29, 0.717) is 22.1 Å². The van der Waals surface area contributed by atoms with Crippen molar-refractivity contribution >= 4 is 54.7 Å². The van der Waals surface area contributed by atoms with Gasteiger partial charge in [-0.1, -0.05) is 84.9 Å². The van der Waals surface area contributed by atoms with Crippen LogP contribution in [0.25, 0.3) is 21.5 Å². The monoisotopic (exact) mass is 532 g/mol. The van der Waals surface area contributed by atoms with Crippen LogP contribution in [0.4, 0.5) is 22.7 Å². The summed E-state index contributed by atoms with van der Waals surface area (Å²) in [6, 6.07) is 41.2. The van der Waals surface area contributed by atoms with Crippen LogP contribution in [-0.4, -0.2) is 8.42 Å². The van der Waals surface area contributed by atoms with Crippen molar-refractivity contribution in [2.45, 2.75) is 0 Å². The second-order valence-corrected chi connectivity index (χ2v) is 10.0. The van der Waals surface area contributed by atoms with E-state index in [1.165, 1.54) is 0 Å². The van der Waals surface area contributed by atoms with Gasteiger partial charge in [-0.3, -0.25) is 0 Å². The Bertz CT molecular complexity index is 1730. The second-order valence-electron chi connectivity index (χ2n) is 8.88. The van der Waals surface area contributed by atoms with E-state index in [1.807, 2.05) is 109 Å². The third-order valence-corrected chi connectivity index (χ3v) is 6.99. The first-order valence-corrected chi connectivity index (χ1v) is 13.7. The summed E-state index contributed by atoms with van der Waals surface area (Å²) in [7, 11) is -4.51. The summed E-state index contributed by atoms with van der Waals surface area (Å²) in [6.45, 7) is 0. The predicted octanol–water partition coefficient (Wildman–Crippen LogP) is 8.18. The SMILES string of the molecule is O=S(=O)(Oc1cccc2cccc(Nc3ccccc3)c12)Oc1cccc2cccc(Nc3ccccc3)c12. The van der Waals surface area contributed by atoms with Crippen molar-refractivity contribution < 1.29 is 16.8 Å². The number of hydrogen-bond acceptors (Lipinski definition) is 6. The lowest BCUT2D eigenvalue weighted by Gasteiger charge is -2.16. The molecule has 0 bridgehead atoms. The van der Waals surface area contributed by atoms with Crippen LogP contribution >= 0.6 is 0 Å². The van der Waals surface area contributed by atoms with Gasteiger partial charge in [0.05, 0.1) is 11.4 Å². The van der Waals surface area contributed by atoms with Crippen molar-refractivity contribution in [1.29, 1.82) is 0 Å². The van der Waals surface area contributed by atoms with E-state index in [1.54, 1.807) is 24.3 Å². The van der Waals surface area contributed by atoms with Crippen LogP contribution < -0.4 is 19.0 Å². The fourth-order valence-electron chi connectivity index (χ4n) is 4.55. The van der Waals surface area contributed by atoms with Gasteiger partial charge in [0, 0.05) is 22.1 Å². The van der Waals surface area contributed by atoms with E-state index in [9.17, 15) is 8.42 Å². The zero-order valence-electron chi connectivity index (χ0n) is 20.7. The lowest BCUT2D eigenvalue weighted by molar-refractivity contribution is 0.396. The molecule has 0 aliphatic heterocycles. The fraction of sp³-hybridized carbons (Fsp3) is 0. The third-order valence-electron chi connectivity index (χ3n) is 6.22. The van der Waals surface area contributed by atoms with Gasteiger partial charge in [-0.25, -0.2) is 0 Å². The maximum atomic E-state index is 13.3. The van der Waals surface area contributed by atoms with Crippen molar-refractivity contribution in [1.82, 2.24) is 0 Å². The Morgan fingerprint density at radius 2 is 0.821 bits per heavy atom. The standard InChI is InChI=1S/C32H24N2O4S/c35-39(36,37-29-21-9-13-23-11-7-19-27(31(23)29)33-25-15-3-1-4-16-25)38-30-22-10-14-24-12-8-20-28(32(24)30)34-26-17-5-2-6-18-26/h1-22,33-34H. The predicted molar refractivity (Wildman–Crippen MR) is 158 cm³/mol. The maximum absolute atomic E-state index is 13.3. The summed E-state index contributed by atoms with van der Waals surface area (Å²) in [6.07, 6.45) is 0. The summed E-state index contributed by atoms with van der Waals surface area (Å²) in [4.78, 5) is 0. The number of anilines is 4. The molecule has 0 atom stereocenters. The van der Waals surface area contributed by atoms with E-state index >= 15 is 0 Å². The number of hydrogen-bond donors (Lipinski definition) is 2. The molecule has 0 unspecified atom stereocenters. The molecule has 6 rings (SSSR count). The summed E-state index contributed by atoms with van der Waals surface area (Å²) in [5.41, 5.74) is 3.16. The van der Waals surface area contributed by atoms with Gasteiger partial charge in [0.2, 0.25) is 0 Å². The molecule has 6 nitrogen and oxygen atoms in total. The average molecular weight is 533 g/mol. The zero-order chi connectivity index (χ0) is 26.7. The molecule has 0 saturated carbocycles. The molecule has 39 heavy (non-hydrogen) atoms. The van der Waals surface area contributed by atoms with Crippen molar-refractivity contribution in [3.05, 3.63) is 133 Å². The van der Waals surface area contributed by atoms with Crippen molar-refractivity contribution in [2.75, 3.05) is 10.6 Å². The Morgan fingerprint density at radius 1 is 0.436 bits per heavy atom. The fourth-order valence-corrected chi connectivity index (χ4v) is 5.30. The van der Waals surface area contributed by atoms with Crippen molar-refractivity contribution in [2.24, 2.45) is 0 Å². The second kappa shape index (κ2) is 10.4. The molecule has 6 aromatic carbocycles. The van der Waals surface area contributed by atoms with Gasteiger partial charge in [0.25, 0.3) is 0 Å². The lowest BCUT2D eigenvalue weighted by atomic mass is 10.1. The minimum atomic E-state index is -4.51. The molecule has 2 N–H and O–H groups in total. The normalized spacial score (nSPS) is 11.3. The van der Waals surface area contributed by atoms with Crippen LogP contribution in [0.15, 0.2) is 133 Å². The van der Waals surface area contributed by atoms with E-state index in [2.05, 4.69) is 10.6 Å². The highest BCUT2D eigenvalue weighted by atomic mass is 32.3. The van der Waals surface area contributed by atoms with Gasteiger partial charge >= 0.3 is 10.4 Å². The molecule has 6 aromatic rings. The summed E-state index contributed by atoms with van der Waals surface area (Å²) in [5.74, 6) is 0.323. The number of benzene rings is 6. The minimum absolute atomic E-state index is 0.161. The first kappa shape index (κ1) is 24.3. The van der Waals surface area contributed by atoms with Crippen LogP contribution in [0.1, 0.15) is 0 Å². The molecule has 0 radical (unpaired) electrons. The molecule has 192 valence electrons. The van der Waals surface area contributed by atoms with E-state index < -0.39 is 10.4 Å². The average Bonchev–Trinajstić information content (AvgIpc) is 2.94. The molecule has 0 fully saturated rings. The molecule has 0 aliphatic carbocycles. The topological polar surface area (TPSA) is 76.7 Å². The van der Waals surface area contributed by atoms with Gasteiger partial charge in [0.15, 0.2) is 11.5 Å². The third kappa shape index (κ3) is 5.35. The highest BCUT2D eigenvalue weighted by Crippen LogP contribution is 2.37. The quantitative estimate of drug-likeness (QED) is 0.206. The van der Waals surface area contributed by atoms with Crippen molar-refractivity contribution in [3.8, 4) is 11.5 Å². The Kier molecular flexibility index (Phi) is 6.49. The molecule has 0 heterocycles. The molecular weight excluding hydrogens is 508 g/mol. The Morgan fingerprint density at radius 3 is 1.23 bits per heavy atom. The molecule has 0 amide bonds. The van der Waals surface area contributed by atoms with Crippen LogP contribution in [0.2, 0.25) is 0 Å². The first-order chi connectivity index (χ1) is 19.1. The minimum Gasteiger partial charge on any atom is -0.355 e.